The molecule has 0 amide bonds. The molecule has 1 atom stereocenters. The van der Waals surface area contributed by atoms with Gasteiger partial charge < -0.3 is 15.0 Å². The van der Waals surface area contributed by atoms with Crippen LogP contribution in [0.5, 0.6) is 0 Å². The lowest BCUT2D eigenvalue weighted by Gasteiger charge is -2.32. The molecule has 0 spiro atoms. The molecule has 3 heterocycles. The van der Waals surface area contributed by atoms with E-state index in [0.717, 1.165) is 36.8 Å². The average Bonchev–Trinajstić information content (AvgIpc) is 2.54. The van der Waals surface area contributed by atoms with Gasteiger partial charge in [0.25, 0.3) is 0 Å². The number of aromatic nitrogens is 2. The first-order valence-corrected chi connectivity index (χ1v) is 7.75. The maximum atomic E-state index is 6.10. The first kappa shape index (κ1) is 15.1. The minimum Gasteiger partial charge on any atom is -0.380 e. The highest BCUT2D eigenvalue weighted by molar-refractivity contribution is 6.33. The number of nitrogens with zero attached hydrogens (tertiary/aromatic N) is 3. The van der Waals surface area contributed by atoms with E-state index in [0.29, 0.717) is 11.6 Å². The van der Waals surface area contributed by atoms with Crippen molar-refractivity contribution in [1.29, 1.82) is 0 Å². The number of rotatable bonds is 4. The Hall–Kier alpha value is -1.85. The Morgan fingerprint density at radius 1 is 1.41 bits per heavy atom. The molecule has 1 fully saturated rings. The highest BCUT2D eigenvalue weighted by Crippen LogP contribution is 2.21. The summed E-state index contributed by atoms with van der Waals surface area (Å²) in [4.78, 5) is 10.7. The molecule has 1 aliphatic rings. The van der Waals surface area contributed by atoms with Crippen molar-refractivity contribution in [3.8, 4) is 0 Å². The molecule has 1 aliphatic heterocycles. The topological polar surface area (TPSA) is 50.3 Å². The number of hydrogen-bond acceptors (Lipinski definition) is 5. The molecule has 0 saturated carbocycles. The second kappa shape index (κ2) is 6.94. The Morgan fingerprint density at radius 2 is 2.32 bits per heavy atom. The van der Waals surface area contributed by atoms with Crippen molar-refractivity contribution in [1.82, 2.24) is 9.97 Å². The fourth-order valence-electron chi connectivity index (χ4n) is 2.49. The number of ether oxygens (including phenoxy) is 1. The third-order valence-electron chi connectivity index (χ3n) is 3.63. The van der Waals surface area contributed by atoms with Crippen LogP contribution in [-0.2, 0) is 11.3 Å². The van der Waals surface area contributed by atoms with Gasteiger partial charge in [0.05, 0.1) is 23.4 Å². The number of morpholine rings is 1. The third-order valence-corrected chi connectivity index (χ3v) is 3.93. The lowest BCUT2D eigenvalue weighted by atomic mass is 10.2. The number of hydrogen-bond donors (Lipinski definition) is 1. The van der Waals surface area contributed by atoms with Crippen molar-refractivity contribution in [3.63, 3.8) is 0 Å². The summed E-state index contributed by atoms with van der Waals surface area (Å²) in [6.07, 6.45) is 5.45. The first-order chi connectivity index (χ1) is 10.7. The van der Waals surface area contributed by atoms with Crippen molar-refractivity contribution in [2.75, 3.05) is 29.9 Å². The van der Waals surface area contributed by atoms with Crippen molar-refractivity contribution in [3.05, 3.63) is 47.4 Å². The second-order valence-corrected chi connectivity index (χ2v) is 5.77. The van der Waals surface area contributed by atoms with Crippen LogP contribution in [0.3, 0.4) is 0 Å². The van der Waals surface area contributed by atoms with Crippen LogP contribution in [0.25, 0.3) is 0 Å². The number of pyridine rings is 2. The van der Waals surface area contributed by atoms with Crippen LogP contribution in [0.15, 0.2) is 36.8 Å². The molecule has 3 rings (SSSR count). The fourth-order valence-corrected chi connectivity index (χ4v) is 2.67. The van der Waals surface area contributed by atoms with Crippen LogP contribution in [0.1, 0.15) is 12.5 Å². The summed E-state index contributed by atoms with van der Waals surface area (Å²) in [5.41, 5.74) is 2.05. The highest BCUT2D eigenvalue weighted by atomic mass is 35.5. The van der Waals surface area contributed by atoms with E-state index in [9.17, 15) is 0 Å². The molecule has 116 valence electrons. The van der Waals surface area contributed by atoms with Crippen LogP contribution >= 0.6 is 11.6 Å². The molecule has 0 bridgehead atoms. The summed E-state index contributed by atoms with van der Waals surface area (Å²) in [5, 5.41) is 3.95. The van der Waals surface area contributed by atoms with Gasteiger partial charge in [-0.2, -0.15) is 0 Å². The highest BCUT2D eigenvalue weighted by Gasteiger charge is 2.17. The van der Waals surface area contributed by atoms with Gasteiger partial charge in [-0.25, -0.2) is 4.98 Å². The Labute approximate surface area is 135 Å². The van der Waals surface area contributed by atoms with Crippen LogP contribution in [0.2, 0.25) is 5.02 Å². The Kier molecular flexibility index (Phi) is 4.75. The minimum atomic E-state index is 0.243. The SMILES string of the molecule is C[C@@H]1CN(c2cc(CNc3ccncc3Cl)ccn2)CCO1. The van der Waals surface area contributed by atoms with E-state index in [-0.39, 0.29) is 6.10 Å². The van der Waals surface area contributed by atoms with Gasteiger partial charge in [-0.3, -0.25) is 4.98 Å². The zero-order valence-corrected chi connectivity index (χ0v) is 13.3. The summed E-state index contributed by atoms with van der Waals surface area (Å²) in [6, 6.07) is 5.99. The smallest absolute Gasteiger partial charge is 0.128 e. The maximum absolute atomic E-state index is 6.10. The van der Waals surface area contributed by atoms with Gasteiger partial charge in [-0.05, 0) is 30.7 Å². The summed E-state index contributed by atoms with van der Waals surface area (Å²) < 4.78 is 5.58. The normalized spacial score (nSPS) is 18.3. The maximum Gasteiger partial charge on any atom is 0.128 e. The molecular weight excluding hydrogens is 300 g/mol. The Bertz CT molecular complexity index is 637. The van der Waals surface area contributed by atoms with E-state index in [4.69, 9.17) is 16.3 Å². The fraction of sp³-hybridized carbons (Fsp3) is 0.375. The molecule has 22 heavy (non-hydrogen) atoms. The molecule has 6 heteroatoms. The molecule has 5 nitrogen and oxygen atoms in total. The van der Waals surface area contributed by atoms with Crippen molar-refractivity contribution < 1.29 is 4.74 Å². The van der Waals surface area contributed by atoms with Gasteiger partial charge in [0.1, 0.15) is 5.82 Å². The lowest BCUT2D eigenvalue weighted by Crippen LogP contribution is -2.41. The monoisotopic (exact) mass is 318 g/mol. The number of anilines is 2. The molecule has 1 N–H and O–H groups in total. The summed E-state index contributed by atoms with van der Waals surface area (Å²) in [7, 11) is 0. The van der Waals surface area contributed by atoms with Crippen LogP contribution in [0, 0.1) is 0 Å². The van der Waals surface area contributed by atoms with Gasteiger partial charge >= 0.3 is 0 Å². The van der Waals surface area contributed by atoms with E-state index in [1.54, 1.807) is 12.4 Å². The summed E-state index contributed by atoms with van der Waals surface area (Å²) >= 11 is 6.10. The van der Waals surface area contributed by atoms with E-state index < -0.39 is 0 Å². The number of nitrogens with one attached hydrogen (secondary N) is 1. The molecule has 0 radical (unpaired) electrons. The standard InChI is InChI=1S/C16H19ClN4O/c1-12-11-21(6-7-22-12)16-8-13(2-5-19-16)9-20-15-3-4-18-10-14(15)17/h2-5,8,10,12H,6-7,9,11H2,1H3,(H,18,20)/t12-/m1/s1. The molecule has 0 unspecified atom stereocenters. The van der Waals surface area contributed by atoms with Crippen LogP contribution in [0.4, 0.5) is 11.5 Å². The molecule has 0 aromatic carbocycles. The van der Waals surface area contributed by atoms with Crippen molar-refractivity contribution in [2.24, 2.45) is 0 Å². The predicted molar refractivity (Wildman–Crippen MR) is 88.4 cm³/mol. The van der Waals surface area contributed by atoms with E-state index in [1.165, 1.54) is 0 Å². The molecule has 2 aromatic heterocycles. The van der Waals surface area contributed by atoms with Gasteiger partial charge in [-0.15, -0.1) is 0 Å². The zero-order chi connectivity index (χ0) is 15.4. The van der Waals surface area contributed by atoms with Crippen molar-refractivity contribution >= 4 is 23.1 Å². The van der Waals surface area contributed by atoms with Gasteiger partial charge in [0.15, 0.2) is 0 Å². The van der Waals surface area contributed by atoms with Gasteiger partial charge in [0.2, 0.25) is 0 Å². The van der Waals surface area contributed by atoms with E-state index in [1.807, 2.05) is 18.3 Å². The van der Waals surface area contributed by atoms with Crippen LogP contribution < -0.4 is 10.2 Å². The summed E-state index contributed by atoms with van der Waals surface area (Å²) in [5.74, 6) is 0.996. The van der Waals surface area contributed by atoms with Crippen molar-refractivity contribution in [2.45, 2.75) is 19.6 Å². The molecule has 1 saturated heterocycles. The summed E-state index contributed by atoms with van der Waals surface area (Å²) in [6.45, 7) is 5.28. The van der Waals surface area contributed by atoms with Gasteiger partial charge in [-0.1, -0.05) is 11.6 Å². The minimum absolute atomic E-state index is 0.243. The first-order valence-electron chi connectivity index (χ1n) is 7.37. The predicted octanol–water partition coefficient (Wildman–Crippen LogP) is 2.97. The third kappa shape index (κ3) is 3.67. The van der Waals surface area contributed by atoms with Crippen LogP contribution in [-0.4, -0.2) is 35.8 Å². The lowest BCUT2D eigenvalue weighted by molar-refractivity contribution is 0.0529. The van der Waals surface area contributed by atoms with E-state index in [2.05, 4.69) is 33.2 Å². The average molecular weight is 319 g/mol. The Morgan fingerprint density at radius 3 is 3.14 bits per heavy atom. The number of halogens is 1. The largest absolute Gasteiger partial charge is 0.380 e. The second-order valence-electron chi connectivity index (χ2n) is 5.36. The quantitative estimate of drug-likeness (QED) is 0.939. The molecule has 2 aromatic rings. The Balaban J connectivity index is 1.67. The van der Waals surface area contributed by atoms with Gasteiger partial charge in [0, 0.05) is 38.2 Å². The molecular formula is C16H19ClN4O. The molecule has 0 aliphatic carbocycles. The zero-order valence-electron chi connectivity index (χ0n) is 12.5. The van der Waals surface area contributed by atoms with E-state index >= 15 is 0 Å².